The first-order valence-corrected chi connectivity index (χ1v) is 7.37. The number of hydrogen-bond donors (Lipinski definition) is 2. The highest BCUT2D eigenvalue weighted by atomic mass is 28.3. The molecule has 0 aromatic carbocycles. The fourth-order valence-electron chi connectivity index (χ4n) is 1.60. The maximum atomic E-state index is 10.4. The van der Waals surface area contributed by atoms with Gasteiger partial charge < -0.3 is 14.0 Å². The van der Waals surface area contributed by atoms with Crippen molar-refractivity contribution in [1.82, 2.24) is 5.32 Å². The Balaban J connectivity index is 4.48. The van der Waals surface area contributed by atoms with E-state index < -0.39 is 14.6 Å². The van der Waals surface area contributed by atoms with Crippen molar-refractivity contribution in [3.05, 3.63) is 0 Å². The fraction of sp³-hybridized carbons (Fsp3) is 1.00. The summed E-state index contributed by atoms with van der Waals surface area (Å²) in [7, 11) is -2.05. The molecule has 1 unspecified atom stereocenters. The quantitative estimate of drug-likeness (QED) is 0.461. The predicted octanol–water partition coefficient (Wildman–Crippen LogP) is 0.917. The molecule has 4 nitrogen and oxygen atoms in total. The molecule has 0 aromatic heterocycles. The molecular formula is C10H25NO3Si. The summed E-state index contributed by atoms with van der Waals surface area (Å²) in [6.07, 6.45) is 1.59. The van der Waals surface area contributed by atoms with Crippen LogP contribution in [0.1, 0.15) is 40.5 Å². The lowest BCUT2D eigenvalue weighted by molar-refractivity contribution is 0.0211. The van der Waals surface area contributed by atoms with Gasteiger partial charge in [0.15, 0.2) is 5.35 Å². The molecule has 0 spiro atoms. The first kappa shape index (κ1) is 15.1. The molecule has 0 aliphatic heterocycles. The van der Waals surface area contributed by atoms with Gasteiger partial charge in [-0.15, -0.1) is 0 Å². The van der Waals surface area contributed by atoms with Gasteiger partial charge in [-0.1, -0.05) is 20.3 Å². The smallest absolute Gasteiger partial charge is 0.369 e. The van der Waals surface area contributed by atoms with Gasteiger partial charge in [0.05, 0.1) is 0 Å². The number of rotatable bonds is 9. The summed E-state index contributed by atoms with van der Waals surface area (Å²) in [5, 5.41) is 12.6. The van der Waals surface area contributed by atoms with Crippen LogP contribution in [0.15, 0.2) is 0 Å². The Labute approximate surface area is 94.8 Å². The van der Waals surface area contributed by atoms with Crippen molar-refractivity contribution >= 4 is 9.28 Å². The molecule has 0 amide bonds. The van der Waals surface area contributed by atoms with Crippen LogP contribution in [0.5, 0.6) is 0 Å². The highest BCUT2D eigenvalue weighted by Gasteiger charge is 2.39. The third-order valence-electron chi connectivity index (χ3n) is 2.14. The van der Waals surface area contributed by atoms with E-state index in [1.807, 2.05) is 27.7 Å². The van der Waals surface area contributed by atoms with Crippen molar-refractivity contribution in [2.75, 3.05) is 19.8 Å². The van der Waals surface area contributed by atoms with Gasteiger partial charge in [-0.2, -0.15) is 0 Å². The van der Waals surface area contributed by atoms with Gasteiger partial charge >= 0.3 is 9.28 Å². The summed E-state index contributed by atoms with van der Waals surface area (Å²) >= 11 is 0. The van der Waals surface area contributed by atoms with Crippen LogP contribution in [-0.4, -0.2) is 39.5 Å². The van der Waals surface area contributed by atoms with E-state index >= 15 is 0 Å². The zero-order valence-corrected chi connectivity index (χ0v) is 11.5. The third-order valence-corrected chi connectivity index (χ3v) is 4.68. The molecule has 15 heavy (non-hydrogen) atoms. The van der Waals surface area contributed by atoms with Crippen molar-refractivity contribution in [3.8, 4) is 0 Å². The van der Waals surface area contributed by atoms with E-state index in [9.17, 15) is 5.11 Å². The minimum Gasteiger partial charge on any atom is -0.394 e. The number of nitrogens with one attached hydrogen (secondary N) is 1. The third kappa shape index (κ3) is 5.08. The van der Waals surface area contributed by atoms with Crippen molar-refractivity contribution in [1.29, 1.82) is 0 Å². The lowest BCUT2D eigenvalue weighted by Crippen LogP contribution is -2.60. The van der Waals surface area contributed by atoms with Crippen molar-refractivity contribution in [2.45, 2.75) is 45.9 Å². The Morgan fingerprint density at radius 2 is 1.67 bits per heavy atom. The summed E-state index contributed by atoms with van der Waals surface area (Å²) in [4.78, 5) is 0. The maximum Gasteiger partial charge on any atom is 0.369 e. The molecule has 0 heterocycles. The highest BCUT2D eigenvalue weighted by Crippen LogP contribution is 2.15. The average Bonchev–Trinajstić information content (AvgIpc) is 2.18. The van der Waals surface area contributed by atoms with Crippen LogP contribution in [0.25, 0.3) is 0 Å². The van der Waals surface area contributed by atoms with E-state index in [-0.39, 0.29) is 0 Å². The highest BCUT2D eigenvalue weighted by molar-refractivity contribution is 6.48. The minimum absolute atomic E-state index is 0.592. The second-order valence-electron chi connectivity index (χ2n) is 3.45. The predicted molar refractivity (Wildman–Crippen MR) is 63.9 cm³/mol. The van der Waals surface area contributed by atoms with Crippen LogP contribution in [0.2, 0.25) is 0 Å². The van der Waals surface area contributed by atoms with Crippen molar-refractivity contribution in [2.24, 2.45) is 0 Å². The second kappa shape index (κ2) is 8.24. The second-order valence-corrected chi connectivity index (χ2v) is 5.73. The standard InChI is InChI=1S/C10H25NO3Si/c1-5-9-10(12,11-6-2)15(13-7-3)14-8-4/h11-12,15H,5-9H2,1-4H3. The lowest BCUT2D eigenvalue weighted by atomic mass is 10.3. The Bertz CT molecular complexity index is 146. The fourth-order valence-corrected chi connectivity index (χ4v) is 3.75. The molecule has 0 bridgehead atoms. The number of hydrogen-bond acceptors (Lipinski definition) is 4. The molecule has 92 valence electrons. The lowest BCUT2D eigenvalue weighted by Gasteiger charge is -2.34. The van der Waals surface area contributed by atoms with Gasteiger partial charge in [0.25, 0.3) is 0 Å². The Kier molecular flexibility index (Phi) is 8.27. The van der Waals surface area contributed by atoms with Gasteiger partial charge in [0.2, 0.25) is 0 Å². The van der Waals surface area contributed by atoms with Gasteiger partial charge in [-0.3, -0.25) is 5.32 Å². The SMILES string of the molecule is CCCC(O)(NCC)[SiH](OCC)OCC. The van der Waals surface area contributed by atoms with Crippen molar-refractivity contribution in [3.63, 3.8) is 0 Å². The normalized spacial score (nSPS) is 15.6. The Morgan fingerprint density at radius 3 is 2.00 bits per heavy atom. The average molecular weight is 235 g/mol. The van der Waals surface area contributed by atoms with Crippen LogP contribution in [-0.2, 0) is 8.85 Å². The molecule has 0 saturated heterocycles. The van der Waals surface area contributed by atoms with Gasteiger partial charge in [0.1, 0.15) is 0 Å². The van der Waals surface area contributed by atoms with Gasteiger partial charge in [-0.25, -0.2) is 0 Å². The molecule has 0 aliphatic carbocycles. The zero-order valence-electron chi connectivity index (χ0n) is 10.4. The largest absolute Gasteiger partial charge is 0.394 e. The van der Waals surface area contributed by atoms with E-state index in [4.69, 9.17) is 8.85 Å². The molecule has 2 N–H and O–H groups in total. The minimum atomic E-state index is -2.05. The van der Waals surface area contributed by atoms with Crippen LogP contribution in [0.3, 0.4) is 0 Å². The number of aliphatic hydroxyl groups is 1. The molecule has 0 aromatic rings. The topological polar surface area (TPSA) is 50.7 Å². The van der Waals surface area contributed by atoms with Crippen LogP contribution >= 0.6 is 0 Å². The van der Waals surface area contributed by atoms with E-state index in [0.717, 1.165) is 13.0 Å². The van der Waals surface area contributed by atoms with Gasteiger partial charge in [-0.05, 0) is 26.8 Å². The van der Waals surface area contributed by atoms with Crippen LogP contribution in [0, 0.1) is 0 Å². The molecule has 5 heteroatoms. The molecular weight excluding hydrogens is 210 g/mol. The summed E-state index contributed by atoms with van der Waals surface area (Å²) in [5.41, 5.74) is 0. The van der Waals surface area contributed by atoms with E-state index in [1.54, 1.807) is 0 Å². The summed E-state index contributed by atoms with van der Waals surface area (Å²) in [6.45, 7) is 9.78. The summed E-state index contributed by atoms with van der Waals surface area (Å²) in [6, 6.07) is 0. The molecule has 0 aliphatic rings. The van der Waals surface area contributed by atoms with Crippen molar-refractivity contribution < 1.29 is 14.0 Å². The van der Waals surface area contributed by atoms with E-state index in [1.165, 1.54) is 0 Å². The van der Waals surface area contributed by atoms with Crippen LogP contribution < -0.4 is 5.32 Å². The van der Waals surface area contributed by atoms with Gasteiger partial charge in [0, 0.05) is 13.2 Å². The van der Waals surface area contributed by atoms with E-state index in [0.29, 0.717) is 19.6 Å². The molecule has 0 radical (unpaired) electrons. The Morgan fingerprint density at radius 1 is 1.13 bits per heavy atom. The molecule has 0 saturated carbocycles. The molecule has 1 atom stereocenters. The zero-order chi connectivity index (χ0) is 11.7. The molecule has 0 rings (SSSR count). The summed E-state index contributed by atoms with van der Waals surface area (Å²) < 4.78 is 11.1. The first-order valence-electron chi connectivity index (χ1n) is 5.85. The maximum absolute atomic E-state index is 10.4. The Hall–Kier alpha value is 0.0569. The molecule has 0 fully saturated rings. The summed E-state index contributed by atoms with van der Waals surface area (Å²) in [5.74, 6) is 0. The van der Waals surface area contributed by atoms with E-state index in [2.05, 4.69) is 5.32 Å². The monoisotopic (exact) mass is 235 g/mol. The van der Waals surface area contributed by atoms with Crippen LogP contribution in [0.4, 0.5) is 0 Å². The first-order chi connectivity index (χ1) is 7.14.